The molecule has 4 unspecified atom stereocenters. The van der Waals surface area contributed by atoms with Gasteiger partial charge < -0.3 is 34.0 Å². The number of quaternary nitrogens is 1. The Morgan fingerprint density at radius 1 is 0.521 bits per heavy atom. The molecule has 0 aromatic rings. The number of phosphoric ester groups is 1. The molecule has 406 valence electrons. The van der Waals surface area contributed by atoms with E-state index in [-0.39, 0.29) is 18.9 Å². The smallest absolute Gasteiger partial charge is 0.268 e. The van der Waals surface area contributed by atoms with Crippen LogP contribution in [-0.4, -0.2) is 79.8 Å². The molecule has 0 aliphatic carbocycles. The van der Waals surface area contributed by atoms with Crippen LogP contribution >= 0.6 is 7.82 Å². The predicted molar refractivity (Wildman–Crippen MR) is 303 cm³/mol. The Kier molecular flexibility index (Phi) is 48.2. The van der Waals surface area contributed by atoms with Gasteiger partial charge in [0.2, 0.25) is 5.91 Å². The number of nitrogens with one attached hydrogen (secondary N) is 1. The summed E-state index contributed by atoms with van der Waals surface area (Å²) in [6.07, 6.45) is 71.2. The third kappa shape index (κ3) is 51.6. The molecule has 0 saturated heterocycles. The highest BCUT2D eigenvalue weighted by Crippen LogP contribution is 2.38. The fraction of sp³-hybridized carbons (Fsp3) is 0.656. The lowest BCUT2D eigenvalue weighted by Crippen LogP contribution is -2.51. The summed E-state index contributed by atoms with van der Waals surface area (Å²) in [5.41, 5.74) is 0. The number of amides is 1. The van der Waals surface area contributed by atoms with Crippen molar-refractivity contribution in [2.45, 2.75) is 218 Å². The fourth-order valence-electron chi connectivity index (χ4n) is 7.34. The maximum Gasteiger partial charge on any atom is 0.268 e. The van der Waals surface area contributed by atoms with E-state index in [2.05, 4.69) is 141 Å². The van der Waals surface area contributed by atoms with Crippen LogP contribution in [0.3, 0.4) is 0 Å². The summed E-state index contributed by atoms with van der Waals surface area (Å²) in [4.78, 5) is 25.5. The van der Waals surface area contributed by atoms with Gasteiger partial charge >= 0.3 is 0 Å². The summed E-state index contributed by atoms with van der Waals surface area (Å²) < 4.78 is 23.2. The zero-order chi connectivity index (χ0) is 52.2. The number of hydrogen-bond donors (Lipinski definition) is 3. The van der Waals surface area contributed by atoms with Crippen LogP contribution in [0, 0.1) is 0 Å². The second-order valence-electron chi connectivity index (χ2n) is 19.7. The van der Waals surface area contributed by atoms with Gasteiger partial charge in [0, 0.05) is 6.42 Å². The van der Waals surface area contributed by atoms with Crippen LogP contribution in [0.5, 0.6) is 0 Å². The largest absolute Gasteiger partial charge is 0.756 e. The van der Waals surface area contributed by atoms with Gasteiger partial charge in [-0.15, -0.1) is 0 Å². The third-order valence-corrected chi connectivity index (χ3v) is 12.7. The van der Waals surface area contributed by atoms with Crippen LogP contribution in [0.15, 0.2) is 122 Å². The van der Waals surface area contributed by atoms with Crippen molar-refractivity contribution in [2.75, 3.05) is 40.9 Å². The lowest BCUT2D eigenvalue weighted by Gasteiger charge is -2.31. The third-order valence-electron chi connectivity index (χ3n) is 11.8. The van der Waals surface area contributed by atoms with Gasteiger partial charge in [-0.2, -0.15) is 0 Å². The highest BCUT2D eigenvalue weighted by Gasteiger charge is 2.29. The number of nitrogens with zero attached hydrogens (tertiary/aromatic N) is 1. The molecule has 0 spiro atoms. The quantitative estimate of drug-likeness (QED) is 0.0240. The summed E-state index contributed by atoms with van der Waals surface area (Å²) in [6, 6.07) is -1.11. The van der Waals surface area contributed by atoms with Crippen molar-refractivity contribution >= 4 is 13.7 Å². The van der Waals surface area contributed by atoms with Gasteiger partial charge in [-0.05, 0) is 116 Å². The lowest BCUT2D eigenvalue weighted by atomic mass is 10.0. The van der Waals surface area contributed by atoms with E-state index >= 15 is 0 Å². The zero-order valence-corrected chi connectivity index (χ0v) is 46.6. The number of aliphatic hydroxyl groups excluding tert-OH is 2. The molecule has 0 rings (SSSR count). The molecule has 1 amide bonds. The SMILES string of the molecule is CC/C=C\C/C=C\C/C=C\C/C=C\C/C=C\C/C=C\C/C=C\C/C=C\CCCCCCCCCCCCC(=O)NC(COP(=O)([O-])OCC[N+](C)(C)C)C(O)C(O)CCC/C=C/CC/C=C/CCCCC. The van der Waals surface area contributed by atoms with Crippen LogP contribution < -0.4 is 10.2 Å². The minimum atomic E-state index is -4.69. The van der Waals surface area contributed by atoms with Gasteiger partial charge in [0.1, 0.15) is 19.3 Å². The maximum absolute atomic E-state index is 13.0. The first-order valence-corrected chi connectivity index (χ1v) is 29.4. The van der Waals surface area contributed by atoms with Gasteiger partial charge in [0.05, 0.1) is 39.9 Å². The molecule has 0 radical (unpaired) electrons. The summed E-state index contributed by atoms with van der Waals surface area (Å²) in [5, 5.41) is 24.7. The zero-order valence-electron chi connectivity index (χ0n) is 45.7. The summed E-state index contributed by atoms with van der Waals surface area (Å²) in [5.74, 6) is -0.304. The Morgan fingerprint density at radius 2 is 0.901 bits per heavy atom. The summed E-state index contributed by atoms with van der Waals surface area (Å²) in [6.45, 7) is 4.24. The fourth-order valence-corrected chi connectivity index (χ4v) is 8.07. The van der Waals surface area contributed by atoms with E-state index < -0.39 is 32.7 Å². The molecule has 0 aromatic carbocycles. The Balaban J connectivity index is 4.22. The number of unbranched alkanes of at least 4 members (excludes halogenated alkanes) is 15. The minimum Gasteiger partial charge on any atom is -0.756 e. The van der Waals surface area contributed by atoms with Gasteiger partial charge in [0.15, 0.2) is 0 Å². The van der Waals surface area contributed by atoms with Crippen molar-refractivity contribution < 1.29 is 38.0 Å². The predicted octanol–water partition coefficient (Wildman–Crippen LogP) is 15.3. The molecule has 0 aromatic heterocycles. The average molecular weight is 1010 g/mol. The van der Waals surface area contributed by atoms with Crippen molar-refractivity contribution in [1.29, 1.82) is 0 Å². The van der Waals surface area contributed by atoms with E-state index in [1.54, 1.807) is 0 Å². The van der Waals surface area contributed by atoms with E-state index in [1.165, 1.54) is 57.8 Å². The van der Waals surface area contributed by atoms with Gasteiger partial charge in [-0.3, -0.25) is 9.36 Å². The van der Waals surface area contributed by atoms with Gasteiger partial charge in [-0.25, -0.2) is 0 Å². The number of aliphatic hydroxyl groups is 2. The van der Waals surface area contributed by atoms with E-state index in [9.17, 15) is 24.5 Å². The molecule has 0 bridgehead atoms. The monoisotopic (exact) mass is 1010 g/mol. The molecular formula is C61H105N2O7P. The first-order chi connectivity index (χ1) is 34.4. The number of likely N-dealkylation sites (N-methyl/N-ethyl adjacent to an activating group) is 1. The normalized spacial score (nSPS) is 15.3. The van der Waals surface area contributed by atoms with E-state index in [1.807, 2.05) is 21.1 Å². The van der Waals surface area contributed by atoms with Gasteiger partial charge in [-0.1, -0.05) is 200 Å². The van der Waals surface area contributed by atoms with Crippen LogP contribution in [0.4, 0.5) is 0 Å². The van der Waals surface area contributed by atoms with Crippen molar-refractivity contribution in [3.63, 3.8) is 0 Å². The molecule has 71 heavy (non-hydrogen) atoms. The molecule has 0 aliphatic rings. The molecule has 0 fully saturated rings. The highest BCUT2D eigenvalue weighted by atomic mass is 31.2. The minimum absolute atomic E-state index is 0.0557. The Morgan fingerprint density at radius 3 is 1.35 bits per heavy atom. The van der Waals surface area contributed by atoms with Gasteiger partial charge in [0.25, 0.3) is 7.82 Å². The number of rotatable bonds is 49. The number of hydrogen-bond acceptors (Lipinski definition) is 7. The lowest BCUT2D eigenvalue weighted by molar-refractivity contribution is -0.870. The second-order valence-corrected chi connectivity index (χ2v) is 21.1. The molecular weight excluding hydrogens is 904 g/mol. The molecule has 0 aliphatic heterocycles. The van der Waals surface area contributed by atoms with E-state index in [4.69, 9.17) is 9.05 Å². The Labute approximate surface area is 436 Å². The molecule has 4 atom stereocenters. The standard InChI is InChI=1S/C61H105N2O7P/c1-6-8-10-12-14-16-18-20-21-22-23-24-25-26-27-28-29-30-31-32-33-34-35-36-37-38-39-40-41-42-44-46-48-50-52-54-60(65)62-58(57-70-71(67,68)69-56-55-63(3,4)5)61(66)59(64)53-51-49-47-45-43-19-17-15-13-11-9-7-2/h8,10,14-17,20-21,23-24,26-27,29-30,32-33,35-36,45,47,58-59,61,64,66H,6-7,9,11-13,18-19,22,25,28,31,34,37-44,46,48-57H2,1-5H3,(H-,62,65,67,68)/b10-8-,16-14-,17-15+,21-20-,24-23-,27-26-,30-29-,33-32-,36-35-,47-45+. The highest BCUT2D eigenvalue weighted by molar-refractivity contribution is 7.45. The molecule has 0 saturated carbocycles. The number of carbonyl (C=O) groups is 1. The number of carbonyl (C=O) groups excluding carboxylic acids is 1. The van der Waals surface area contributed by atoms with E-state index in [0.29, 0.717) is 30.3 Å². The van der Waals surface area contributed by atoms with Crippen LogP contribution in [-0.2, 0) is 18.4 Å². The molecule has 10 heteroatoms. The second kappa shape index (κ2) is 50.4. The Bertz CT molecular complexity index is 1580. The maximum atomic E-state index is 13.0. The van der Waals surface area contributed by atoms with Crippen molar-refractivity contribution in [3.05, 3.63) is 122 Å². The summed E-state index contributed by atoms with van der Waals surface area (Å²) in [7, 11) is 1.08. The topological polar surface area (TPSA) is 128 Å². The van der Waals surface area contributed by atoms with E-state index in [0.717, 1.165) is 103 Å². The van der Waals surface area contributed by atoms with Crippen LogP contribution in [0.2, 0.25) is 0 Å². The average Bonchev–Trinajstić information content (AvgIpc) is 3.33. The molecule has 0 heterocycles. The van der Waals surface area contributed by atoms with Crippen molar-refractivity contribution in [3.8, 4) is 0 Å². The first kappa shape index (κ1) is 67.9. The van der Waals surface area contributed by atoms with Crippen molar-refractivity contribution in [1.82, 2.24) is 5.32 Å². The Hall–Kier alpha value is -3.14. The van der Waals surface area contributed by atoms with Crippen molar-refractivity contribution in [2.24, 2.45) is 0 Å². The molecule has 9 nitrogen and oxygen atoms in total. The summed E-state index contributed by atoms with van der Waals surface area (Å²) >= 11 is 0. The number of allylic oxidation sites excluding steroid dienone is 20. The number of phosphoric acid groups is 1. The first-order valence-electron chi connectivity index (χ1n) is 28.0. The van der Waals surface area contributed by atoms with Crippen LogP contribution in [0.1, 0.15) is 200 Å². The van der Waals surface area contributed by atoms with Crippen LogP contribution in [0.25, 0.3) is 0 Å². The molecule has 3 N–H and O–H groups in total.